The highest BCUT2D eigenvalue weighted by Gasteiger charge is 2.12. The highest BCUT2D eigenvalue weighted by atomic mass is 31.1. The molecule has 2 nitrogen and oxygen atoms in total. The van der Waals surface area contributed by atoms with Crippen LogP contribution >= 0.6 is 8.69 Å². The van der Waals surface area contributed by atoms with Gasteiger partial charge in [0.15, 0.2) is 0 Å². The van der Waals surface area contributed by atoms with Crippen LogP contribution in [0.4, 0.5) is 0 Å². The molecule has 0 radical (unpaired) electrons. The Labute approximate surface area is 105 Å². The lowest BCUT2D eigenvalue weighted by molar-refractivity contribution is 0.483. The van der Waals surface area contributed by atoms with E-state index >= 15 is 0 Å². The van der Waals surface area contributed by atoms with Crippen molar-refractivity contribution < 1.29 is 9.09 Å². The summed E-state index contributed by atoms with van der Waals surface area (Å²) in [7, 11) is -0.316. The van der Waals surface area contributed by atoms with Gasteiger partial charge >= 0.3 is 8.69 Å². The lowest BCUT2D eigenvalue weighted by Gasteiger charge is -2.19. The average Bonchev–Trinajstić information content (AvgIpc) is 2.34. The van der Waals surface area contributed by atoms with Gasteiger partial charge in [0.1, 0.15) is 0 Å². The largest absolute Gasteiger partial charge is 0.416 e. The molecule has 0 fully saturated rings. The van der Waals surface area contributed by atoms with Gasteiger partial charge < -0.3 is 4.52 Å². The van der Waals surface area contributed by atoms with Crippen molar-refractivity contribution in [3.8, 4) is 0 Å². The highest BCUT2D eigenvalue weighted by Crippen LogP contribution is 2.29. The summed E-state index contributed by atoms with van der Waals surface area (Å²) in [5.41, 5.74) is 4.06. The van der Waals surface area contributed by atoms with Gasteiger partial charge in [-0.1, -0.05) is 37.6 Å². The summed E-state index contributed by atoms with van der Waals surface area (Å²) >= 11 is 0. The van der Waals surface area contributed by atoms with Crippen LogP contribution < -0.4 is 0 Å². The SMILES string of the molecule is C/C(=C\C=C/OP=O)C1=C(C(C)C)CCC=C1. The number of rotatable bonds is 5. The highest BCUT2D eigenvalue weighted by molar-refractivity contribution is 7.17. The number of allylic oxidation sites excluding steroid dienone is 7. The first-order valence-electron chi connectivity index (χ1n) is 5.88. The molecule has 0 spiro atoms. The molecule has 0 saturated carbocycles. The Balaban J connectivity index is 2.88. The van der Waals surface area contributed by atoms with Crippen LogP contribution in [0.5, 0.6) is 0 Å². The Morgan fingerprint density at radius 1 is 1.53 bits per heavy atom. The molecule has 1 aliphatic rings. The Morgan fingerprint density at radius 2 is 2.29 bits per heavy atom. The van der Waals surface area contributed by atoms with Gasteiger partial charge in [-0.2, -0.15) is 0 Å². The van der Waals surface area contributed by atoms with Gasteiger partial charge in [-0.05, 0) is 42.9 Å². The van der Waals surface area contributed by atoms with Crippen molar-refractivity contribution in [1.82, 2.24) is 0 Å². The second kappa shape index (κ2) is 7.24. The molecular weight excluding hydrogens is 231 g/mol. The van der Waals surface area contributed by atoms with Gasteiger partial charge in [0.25, 0.3) is 0 Å². The first-order valence-corrected chi connectivity index (χ1v) is 6.61. The fourth-order valence-corrected chi connectivity index (χ4v) is 2.12. The zero-order chi connectivity index (χ0) is 12.7. The topological polar surface area (TPSA) is 26.3 Å². The quantitative estimate of drug-likeness (QED) is 0.391. The molecule has 0 aromatic heterocycles. The summed E-state index contributed by atoms with van der Waals surface area (Å²) in [6.07, 6.45) is 11.9. The zero-order valence-corrected chi connectivity index (χ0v) is 11.5. The summed E-state index contributed by atoms with van der Waals surface area (Å²) in [5.74, 6) is 0.582. The molecule has 0 aromatic rings. The van der Waals surface area contributed by atoms with Gasteiger partial charge in [0, 0.05) is 0 Å². The van der Waals surface area contributed by atoms with Crippen molar-refractivity contribution in [2.45, 2.75) is 33.6 Å². The predicted molar refractivity (Wildman–Crippen MR) is 71.8 cm³/mol. The minimum atomic E-state index is -0.316. The van der Waals surface area contributed by atoms with E-state index in [4.69, 9.17) is 0 Å². The maximum absolute atomic E-state index is 10.1. The Kier molecular flexibility index (Phi) is 5.93. The van der Waals surface area contributed by atoms with E-state index in [1.807, 2.05) is 6.08 Å². The van der Waals surface area contributed by atoms with Crippen molar-refractivity contribution in [2.75, 3.05) is 0 Å². The summed E-state index contributed by atoms with van der Waals surface area (Å²) in [6, 6.07) is 0. The van der Waals surface area contributed by atoms with Crippen molar-refractivity contribution in [3.63, 3.8) is 0 Å². The van der Waals surface area contributed by atoms with Crippen molar-refractivity contribution in [1.29, 1.82) is 0 Å². The van der Waals surface area contributed by atoms with Crippen LogP contribution in [0.15, 0.2) is 47.3 Å². The van der Waals surface area contributed by atoms with E-state index in [-0.39, 0.29) is 8.69 Å². The number of hydrogen-bond donors (Lipinski definition) is 0. The number of hydrogen-bond acceptors (Lipinski definition) is 2. The molecule has 0 atom stereocenters. The average molecular weight is 250 g/mol. The molecule has 17 heavy (non-hydrogen) atoms. The Morgan fingerprint density at radius 3 is 2.94 bits per heavy atom. The second-order valence-corrected chi connectivity index (χ2v) is 4.75. The molecule has 0 amide bonds. The Bertz CT molecular complexity index is 387. The molecule has 0 bridgehead atoms. The van der Waals surface area contributed by atoms with Crippen LogP contribution in [-0.2, 0) is 9.09 Å². The molecule has 0 saturated heterocycles. The van der Waals surface area contributed by atoms with E-state index < -0.39 is 0 Å². The van der Waals surface area contributed by atoms with Crippen LogP contribution in [-0.4, -0.2) is 0 Å². The van der Waals surface area contributed by atoms with Crippen molar-refractivity contribution in [3.05, 3.63) is 47.3 Å². The normalized spacial score (nSPS) is 17.5. The molecule has 3 heteroatoms. The van der Waals surface area contributed by atoms with Crippen LogP contribution in [0.2, 0.25) is 0 Å². The van der Waals surface area contributed by atoms with Crippen molar-refractivity contribution in [2.24, 2.45) is 5.92 Å². The standard InChI is InChI=1S/C14H19O2P/c1-11(2)13-8-4-5-9-14(13)12(3)7-6-10-16-17-15/h5-7,9-11H,4,8H2,1-3H3/b10-6-,12-7+. The Hall–Kier alpha value is -1.14. The third-order valence-corrected chi connectivity index (χ3v) is 3.07. The van der Waals surface area contributed by atoms with Crippen LogP contribution in [0.3, 0.4) is 0 Å². The van der Waals surface area contributed by atoms with E-state index in [0.717, 1.165) is 12.8 Å². The maximum atomic E-state index is 10.1. The third kappa shape index (κ3) is 4.32. The van der Waals surface area contributed by atoms with Gasteiger partial charge in [0.2, 0.25) is 0 Å². The molecule has 0 N–H and O–H groups in total. The molecule has 1 aliphatic carbocycles. The minimum absolute atomic E-state index is 0.316. The maximum Gasteiger partial charge on any atom is 0.395 e. The van der Waals surface area contributed by atoms with Gasteiger partial charge in [-0.25, -0.2) is 4.57 Å². The van der Waals surface area contributed by atoms with E-state index in [0.29, 0.717) is 5.92 Å². The van der Waals surface area contributed by atoms with Gasteiger partial charge in [-0.15, -0.1) is 0 Å². The summed E-state index contributed by atoms with van der Waals surface area (Å²) in [6.45, 7) is 6.56. The molecule has 0 aromatic carbocycles. The van der Waals surface area contributed by atoms with E-state index in [1.165, 1.54) is 23.0 Å². The summed E-state index contributed by atoms with van der Waals surface area (Å²) < 4.78 is 14.7. The molecular formula is C14H19O2P. The fourth-order valence-electron chi connectivity index (χ4n) is 2.00. The first-order chi connectivity index (χ1) is 8.16. The fraction of sp³-hybridized carbons (Fsp3) is 0.429. The third-order valence-electron chi connectivity index (χ3n) is 2.86. The van der Waals surface area contributed by atoms with Crippen LogP contribution in [0.25, 0.3) is 0 Å². The monoisotopic (exact) mass is 250 g/mol. The smallest absolute Gasteiger partial charge is 0.395 e. The van der Waals surface area contributed by atoms with E-state index in [9.17, 15) is 4.57 Å². The van der Waals surface area contributed by atoms with Crippen LogP contribution in [0, 0.1) is 5.92 Å². The molecule has 0 heterocycles. The molecule has 92 valence electrons. The van der Waals surface area contributed by atoms with Crippen LogP contribution in [0.1, 0.15) is 33.6 Å². The summed E-state index contributed by atoms with van der Waals surface area (Å²) in [5, 5.41) is 0. The molecule has 0 aliphatic heterocycles. The van der Waals surface area contributed by atoms with Crippen molar-refractivity contribution >= 4 is 8.69 Å². The lowest BCUT2D eigenvalue weighted by Crippen LogP contribution is -2.02. The van der Waals surface area contributed by atoms with E-state index in [2.05, 4.69) is 37.4 Å². The van der Waals surface area contributed by atoms with Gasteiger partial charge in [0.05, 0.1) is 6.26 Å². The van der Waals surface area contributed by atoms with Gasteiger partial charge in [-0.3, -0.25) is 0 Å². The second-order valence-electron chi connectivity index (χ2n) is 4.39. The lowest BCUT2D eigenvalue weighted by atomic mass is 9.86. The molecule has 0 unspecified atom stereocenters. The van der Waals surface area contributed by atoms with E-state index in [1.54, 1.807) is 6.08 Å². The zero-order valence-electron chi connectivity index (χ0n) is 10.6. The molecule has 1 rings (SSSR count). The summed E-state index contributed by atoms with van der Waals surface area (Å²) in [4.78, 5) is 0. The predicted octanol–water partition coefficient (Wildman–Crippen LogP) is 4.97. The first kappa shape index (κ1) is 13.9. The minimum Gasteiger partial charge on any atom is -0.416 e.